The molecule has 0 aromatic heterocycles. The van der Waals surface area contributed by atoms with Gasteiger partial charge in [-0.1, -0.05) is 0 Å². The number of amides is 2. The van der Waals surface area contributed by atoms with Crippen LogP contribution in [0.25, 0.3) is 0 Å². The number of nitrogens with zero attached hydrogens (tertiary/aromatic N) is 2. The van der Waals surface area contributed by atoms with Crippen LogP contribution in [-0.4, -0.2) is 78.4 Å². The fourth-order valence-corrected chi connectivity index (χ4v) is 2.72. The molecule has 1 N–H and O–H groups in total. The van der Waals surface area contributed by atoms with Crippen LogP contribution in [0.2, 0.25) is 0 Å². The van der Waals surface area contributed by atoms with Crippen LogP contribution in [0.15, 0.2) is 0 Å². The van der Waals surface area contributed by atoms with E-state index >= 15 is 0 Å². The van der Waals surface area contributed by atoms with Crippen molar-refractivity contribution in [1.29, 1.82) is 0 Å². The van der Waals surface area contributed by atoms with Gasteiger partial charge in [0.25, 0.3) is 0 Å². The van der Waals surface area contributed by atoms with Crippen molar-refractivity contribution in [1.82, 2.24) is 9.80 Å². The molecule has 0 aromatic carbocycles. The highest BCUT2D eigenvalue weighted by molar-refractivity contribution is 5.83. The number of morpholine rings is 1. The summed E-state index contributed by atoms with van der Waals surface area (Å²) in [6.45, 7) is 1.46. The van der Waals surface area contributed by atoms with Gasteiger partial charge >= 0.3 is 18.0 Å². The van der Waals surface area contributed by atoms with Crippen molar-refractivity contribution in [3.05, 3.63) is 0 Å². The number of likely N-dealkylation sites (tertiary alicyclic amines) is 1. The zero-order valence-electron chi connectivity index (χ0n) is 12.0. The third kappa shape index (κ3) is 3.63. The van der Waals surface area contributed by atoms with E-state index in [1.54, 1.807) is 4.90 Å². The summed E-state index contributed by atoms with van der Waals surface area (Å²) in [6, 6.07) is -1.04. The molecular weight excluding hydrogens is 280 g/mol. The van der Waals surface area contributed by atoms with E-state index in [0.29, 0.717) is 32.5 Å². The van der Waals surface area contributed by atoms with Crippen molar-refractivity contribution in [3.63, 3.8) is 0 Å². The molecule has 8 heteroatoms. The Kier molecular flexibility index (Phi) is 5.00. The van der Waals surface area contributed by atoms with Gasteiger partial charge in [-0.05, 0) is 12.8 Å². The lowest BCUT2D eigenvalue weighted by molar-refractivity contribution is -0.145. The largest absolute Gasteiger partial charge is 0.480 e. The molecular formula is C13H20N2O6. The molecule has 2 amide bonds. The Labute approximate surface area is 122 Å². The molecule has 2 aliphatic rings. The average molecular weight is 300 g/mol. The van der Waals surface area contributed by atoms with E-state index in [1.165, 1.54) is 12.0 Å². The summed E-state index contributed by atoms with van der Waals surface area (Å²) in [4.78, 5) is 37.8. The minimum Gasteiger partial charge on any atom is -0.480 e. The summed E-state index contributed by atoms with van der Waals surface area (Å²) in [5.74, 6) is -1.36. The van der Waals surface area contributed by atoms with Crippen molar-refractivity contribution < 1.29 is 29.0 Å². The fourth-order valence-electron chi connectivity index (χ4n) is 2.72. The molecule has 8 nitrogen and oxygen atoms in total. The Balaban J connectivity index is 1.95. The number of esters is 1. The molecule has 2 aliphatic heterocycles. The second-order valence-corrected chi connectivity index (χ2v) is 5.19. The quantitative estimate of drug-likeness (QED) is 0.732. The second kappa shape index (κ2) is 6.75. The highest BCUT2D eigenvalue weighted by atomic mass is 16.5. The van der Waals surface area contributed by atoms with Gasteiger partial charge in [0.05, 0.1) is 26.2 Å². The zero-order valence-corrected chi connectivity index (χ0v) is 12.0. The first-order chi connectivity index (χ1) is 10.0. The molecule has 0 radical (unpaired) electrons. The number of carboxylic acid groups (broad SMARTS) is 1. The van der Waals surface area contributed by atoms with E-state index in [-0.39, 0.29) is 25.0 Å². The van der Waals surface area contributed by atoms with Gasteiger partial charge in [0.2, 0.25) is 0 Å². The topological polar surface area (TPSA) is 96.4 Å². The van der Waals surface area contributed by atoms with Crippen molar-refractivity contribution in [3.8, 4) is 0 Å². The Morgan fingerprint density at radius 1 is 1.33 bits per heavy atom. The first kappa shape index (κ1) is 15.6. The monoisotopic (exact) mass is 300 g/mol. The van der Waals surface area contributed by atoms with Gasteiger partial charge in [-0.25, -0.2) is 9.59 Å². The van der Waals surface area contributed by atoms with Crippen LogP contribution >= 0.6 is 0 Å². The van der Waals surface area contributed by atoms with Crippen LogP contribution in [0.3, 0.4) is 0 Å². The summed E-state index contributed by atoms with van der Waals surface area (Å²) >= 11 is 0. The van der Waals surface area contributed by atoms with Crippen LogP contribution < -0.4 is 0 Å². The lowest BCUT2D eigenvalue weighted by atomic mass is 10.2. The third-order valence-corrected chi connectivity index (χ3v) is 3.81. The van der Waals surface area contributed by atoms with Gasteiger partial charge in [0.1, 0.15) is 6.04 Å². The molecule has 1 unspecified atom stereocenters. The second-order valence-electron chi connectivity index (χ2n) is 5.19. The molecule has 21 heavy (non-hydrogen) atoms. The van der Waals surface area contributed by atoms with Crippen LogP contribution in [0.4, 0.5) is 4.79 Å². The van der Waals surface area contributed by atoms with E-state index in [0.717, 1.165) is 0 Å². The molecule has 0 saturated carbocycles. The Bertz CT molecular complexity index is 427. The predicted molar refractivity (Wildman–Crippen MR) is 70.7 cm³/mol. The number of carbonyl (C=O) groups excluding carboxylic acids is 2. The molecule has 118 valence electrons. The lowest BCUT2D eigenvalue weighted by Gasteiger charge is -2.36. The number of ether oxygens (including phenoxy) is 2. The Morgan fingerprint density at radius 2 is 2.10 bits per heavy atom. The van der Waals surface area contributed by atoms with Gasteiger partial charge in [0, 0.05) is 19.6 Å². The number of hydrogen-bond donors (Lipinski definition) is 1. The Hall–Kier alpha value is -1.83. The van der Waals surface area contributed by atoms with Crippen LogP contribution in [0.1, 0.15) is 19.3 Å². The van der Waals surface area contributed by atoms with E-state index in [1.807, 2.05) is 0 Å². The molecule has 2 fully saturated rings. The molecule has 0 spiro atoms. The van der Waals surface area contributed by atoms with E-state index in [4.69, 9.17) is 9.84 Å². The van der Waals surface area contributed by atoms with Crippen molar-refractivity contribution in [2.75, 3.05) is 33.4 Å². The first-order valence-corrected chi connectivity index (χ1v) is 6.99. The molecule has 2 heterocycles. The van der Waals surface area contributed by atoms with Gasteiger partial charge in [0.15, 0.2) is 0 Å². The normalized spacial score (nSPS) is 25.8. The standard InChI is InChI=1S/C13H20N2O6/c1-20-11(16)7-9-8-14(5-6-21-9)13(19)15-4-2-3-10(15)12(17)18/h9-10H,2-8H2,1H3,(H,17,18)/t9?,10-/m0/s1. The highest BCUT2D eigenvalue weighted by Crippen LogP contribution is 2.21. The van der Waals surface area contributed by atoms with Gasteiger partial charge in [-0.3, -0.25) is 4.79 Å². The minimum absolute atomic E-state index is 0.0860. The van der Waals surface area contributed by atoms with Crippen LogP contribution in [0, 0.1) is 0 Å². The van der Waals surface area contributed by atoms with Gasteiger partial charge in [-0.15, -0.1) is 0 Å². The van der Waals surface area contributed by atoms with Crippen LogP contribution in [-0.2, 0) is 19.1 Å². The zero-order chi connectivity index (χ0) is 15.4. The van der Waals surface area contributed by atoms with Gasteiger partial charge < -0.3 is 24.4 Å². The number of hydrogen-bond acceptors (Lipinski definition) is 5. The lowest BCUT2D eigenvalue weighted by Crippen LogP contribution is -2.53. The number of rotatable bonds is 3. The van der Waals surface area contributed by atoms with E-state index in [2.05, 4.69) is 4.74 Å². The summed E-state index contributed by atoms with van der Waals surface area (Å²) in [5.41, 5.74) is 0. The number of carboxylic acids is 1. The maximum Gasteiger partial charge on any atom is 0.326 e. The number of carbonyl (C=O) groups is 3. The Morgan fingerprint density at radius 3 is 2.76 bits per heavy atom. The smallest absolute Gasteiger partial charge is 0.326 e. The third-order valence-electron chi connectivity index (χ3n) is 3.81. The number of urea groups is 1. The summed E-state index contributed by atoms with van der Waals surface area (Å²) in [7, 11) is 1.30. The maximum atomic E-state index is 12.4. The molecule has 0 aromatic rings. The first-order valence-electron chi connectivity index (χ1n) is 6.99. The average Bonchev–Trinajstić information content (AvgIpc) is 2.96. The predicted octanol–water partition coefficient (Wildman–Crippen LogP) is -0.0807. The summed E-state index contributed by atoms with van der Waals surface area (Å²) in [6.07, 6.45) is 0.860. The molecule has 0 bridgehead atoms. The summed E-state index contributed by atoms with van der Waals surface area (Å²) < 4.78 is 10.0. The molecule has 2 rings (SSSR count). The minimum atomic E-state index is -0.972. The van der Waals surface area contributed by atoms with Crippen LogP contribution in [0.5, 0.6) is 0 Å². The molecule has 0 aliphatic carbocycles. The van der Waals surface area contributed by atoms with E-state index in [9.17, 15) is 14.4 Å². The number of aliphatic carboxylic acids is 1. The molecule has 2 atom stereocenters. The molecule has 2 saturated heterocycles. The fraction of sp³-hybridized carbons (Fsp3) is 0.769. The van der Waals surface area contributed by atoms with Crippen molar-refractivity contribution in [2.45, 2.75) is 31.4 Å². The van der Waals surface area contributed by atoms with Crippen molar-refractivity contribution >= 4 is 18.0 Å². The van der Waals surface area contributed by atoms with Crippen molar-refractivity contribution in [2.24, 2.45) is 0 Å². The summed E-state index contributed by atoms with van der Waals surface area (Å²) in [5, 5.41) is 9.14. The SMILES string of the molecule is COC(=O)CC1CN(C(=O)N2CCC[C@H]2C(=O)O)CCO1. The number of methoxy groups -OCH3 is 1. The van der Waals surface area contributed by atoms with E-state index < -0.39 is 18.1 Å². The maximum absolute atomic E-state index is 12.4. The highest BCUT2D eigenvalue weighted by Gasteiger charge is 2.37. The van der Waals surface area contributed by atoms with Gasteiger partial charge in [-0.2, -0.15) is 0 Å².